The molecule has 0 saturated carbocycles. The minimum Gasteiger partial charge on any atom is -0.405 e. The molecule has 38 heavy (non-hydrogen) atoms. The first-order valence-corrected chi connectivity index (χ1v) is 13.3. The van der Waals surface area contributed by atoms with Crippen LogP contribution in [0.4, 0.5) is 18.9 Å². The summed E-state index contributed by atoms with van der Waals surface area (Å²) in [7, 11) is 0. The summed E-state index contributed by atoms with van der Waals surface area (Å²) in [6.45, 7) is 8.63. The molecule has 0 bridgehead atoms. The molecule has 2 aromatic rings. The molecule has 2 amide bonds. The fourth-order valence-electron chi connectivity index (χ4n) is 5.93. The molecule has 0 aromatic heterocycles. The highest BCUT2D eigenvalue weighted by atomic mass is 19.4. The Bertz CT molecular complexity index is 1150. The third-order valence-electron chi connectivity index (χ3n) is 7.83. The second kappa shape index (κ2) is 10.8. The van der Waals surface area contributed by atoms with Crippen LogP contribution in [0.15, 0.2) is 48.5 Å². The number of carbonyl (C=O) groups excluding carboxylic acids is 2. The van der Waals surface area contributed by atoms with Gasteiger partial charge in [0.2, 0.25) is 0 Å². The van der Waals surface area contributed by atoms with Crippen LogP contribution in [0.3, 0.4) is 0 Å². The minimum atomic E-state index is -4.89. The van der Waals surface area contributed by atoms with Gasteiger partial charge in [-0.3, -0.25) is 14.5 Å². The van der Waals surface area contributed by atoms with Crippen molar-refractivity contribution in [3.8, 4) is 5.75 Å². The second-order valence-electron chi connectivity index (χ2n) is 10.2. The lowest BCUT2D eigenvalue weighted by Crippen LogP contribution is -2.46. The molecule has 0 N–H and O–H groups in total. The smallest absolute Gasteiger partial charge is 0.405 e. The van der Waals surface area contributed by atoms with Crippen molar-refractivity contribution < 1.29 is 27.5 Å². The maximum absolute atomic E-state index is 13.3. The number of halogens is 3. The highest BCUT2D eigenvalue weighted by Gasteiger charge is 2.45. The molecule has 3 aliphatic rings. The van der Waals surface area contributed by atoms with Crippen molar-refractivity contribution in [3.05, 3.63) is 59.7 Å². The van der Waals surface area contributed by atoms with Crippen LogP contribution in [0.2, 0.25) is 0 Å². The Hall–Kier alpha value is -3.27. The number of benzene rings is 2. The van der Waals surface area contributed by atoms with Crippen molar-refractivity contribution in [1.29, 1.82) is 0 Å². The standard InChI is InChI=1S/C28H33F3N4O3/c1-2-12-32-14-16-33(17-15-32)22-9-7-20(8-10-22)26(36)34-18-21-11-13-35(24(21)19-34)27(37)23-5-3-4-6-25(23)38-28(29,30)31/h3-10,21,24H,2,11-19H2,1H3/t21-,24+/m0/s1. The van der Waals surface area contributed by atoms with Gasteiger partial charge < -0.3 is 19.4 Å². The first-order chi connectivity index (χ1) is 18.2. The first-order valence-electron chi connectivity index (χ1n) is 13.3. The summed E-state index contributed by atoms with van der Waals surface area (Å²) in [5.41, 5.74) is 1.58. The zero-order chi connectivity index (χ0) is 26.9. The fourth-order valence-corrected chi connectivity index (χ4v) is 5.93. The number of nitrogens with zero attached hydrogens (tertiary/aromatic N) is 4. The summed E-state index contributed by atoms with van der Waals surface area (Å²) in [4.78, 5) is 34.7. The third-order valence-corrected chi connectivity index (χ3v) is 7.83. The topological polar surface area (TPSA) is 56.3 Å². The molecule has 7 nitrogen and oxygen atoms in total. The van der Waals surface area contributed by atoms with E-state index >= 15 is 0 Å². The summed E-state index contributed by atoms with van der Waals surface area (Å²) in [6.07, 6.45) is -3.04. The normalized spacial score (nSPS) is 22.1. The Morgan fingerprint density at radius 1 is 0.921 bits per heavy atom. The lowest BCUT2D eigenvalue weighted by Gasteiger charge is -2.36. The number of anilines is 1. The number of piperazine rings is 1. The van der Waals surface area contributed by atoms with Crippen LogP contribution in [-0.2, 0) is 0 Å². The van der Waals surface area contributed by atoms with Gasteiger partial charge in [-0.25, -0.2) is 0 Å². The monoisotopic (exact) mass is 530 g/mol. The lowest BCUT2D eigenvalue weighted by molar-refractivity contribution is -0.274. The molecule has 204 valence electrons. The van der Waals surface area contributed by atoms with Crippen LogP contribution in [0, 0.1) is 5.92 Å². The van der Waals surface area contributed by atoms with E-state index in [1.807, 2.05) is 24.3 Å². The van der Waals surface area contributed by atoms with E-state index in [2.05, 4.69) is 21.5 Å². The Morgan fingerprint density at radius 2 is 1.63 bits per heavy atom. The summed E-state index contributed by atoms with van der Waals surface area (Å²) < 4.78 is 42.7. The van der Waals surface area contributed by atoms with Crippen molar-refractivity contribution in [2.45, 2.75) is 32.2 Å². The van der Waals surface area contributed by atoms with Crippen LogP contribution in [0.5, 0.6) is 5.75 Å². The molecule has 3 heterocycles. The van der Waals surface area contributed by atoms with E-state index in [0.717, 1.165) is 50.9 Å². The molecule has 0 spiro atoms. The Kier molecular flexibility index (Phi) is 7.52. The number of hydrogen-bond acceptors (Lipinski definition) is 5. The lowest BCUT2D eigenvalue weighted by atomic mass is 10.0. The SMILES string of the molecule is CCCN1CCN(c2ccc(C(=O)N3C[C@@H]4CCN(C(=O)c5ccccc5OC(F)(F)F)[C@@H]4C3)cc2)CC1. The minimum absolute atomic E-state index is 0.0908. The van der Waals surface area contributed by atoms with Crippen molar-refractivity contribution in [1.82, 2.24) is 14.7 Å². The van der Waals surface area contributed by atoms with Gasteiger partial charge in [-0.2, -0.15) is 0 Å². The van der Waals surface area contributed by atoms with Crippen LogP contribution in [-0.4, -0.2) is 91.3 Å². The van der Waals surface area contributed by atoms with Crippen LogP contribution >= 0.6 is 0 Å². The van der Waals surface area contributed by atoms with Crippen LogP contribution in [0.1, 0.15) is 40.5 Å². The van der Waals surface area contributed by atoms with Crippen molar-refractivity contribution >= 4 is 17.5 Å². The average Bonchev–Trinajstić information content (AvgIpc) is 3.49. The Morgan fingerprint density at radius 3 is 2.32 bits per heavy atom. The number of para-hydroxylation sites is 1. The van der Waals surface area contributed by atoms with E-state index in [9.17, 15) is 22.8 Å². The van der Waals surface area contributed by atoms with Gasteiger partial charge in [-0.1, -0.05) is 19.1 Å². The Labute approximate surface area is 220 Å². The van der Waals surface area contributed by atoms with Gasteiger partial charge >= 0.3 is 6.36 Å². The van der Waals surface area contributed by atoms with E-state index in [-0.39, 0.29) is 23.4 Å². The number of likely N-dealkylation sites (tertiary alicyclic amines) is 2. The van der Waals surface area contributed by atoms with Gasteiger partial charge in [-0.05, 0) is 55.8 Å². The predicted octanol–water partition coefficient (Wildman–Crippen LogP) is 4.10. The molecular weight excluding hydrogens is 497 g/mol. The fraction of sp³-hybridized carbons (Fsp3) is 0.500. The summed E-state index contributed by atoms with van der Waals surface area (Å²) in [6, 6.07) is 12.9. The Balaban J connectivity index is 1.22. The quantitative estimate of drug-likeness (QED) is 0.563. The summed E-state index contributed by atoms with van der Waals surface area (Å²) in [5, 5.41) is 0. The van der Waals surface area contributed by atoms with Gasteiger partial charge in [0.15, 0.2) is 0 Å². The number of fused-ring (bicyclic) bond motifs is 1. The molecule has 3 aliphatic heterocycles. The number of amides is 2. The number of carbonyl (C=O) groups is 2. The number of rotatable bonds is 6. The number of alkyl halides is 3. The highest BCUT2D eigenvalue weighted by molar-refractivity contribution is 5.98. The zero-order valence-electron chi connectivity index (χ0n) is 21.5. The van der Waals surface area contributed by atoms with Crippen LogP contribution < -0.4 is 9.64 Å². The van der Waals surface area contributed by atoms with E-state index in [1.165, 1.54) is 18.2 Å². The van der Waals surface area contributed by atoms with Crippen LogP contribution in [0.25, 0.3) is 0 Å². The average molecular weight is 531 g/mol. The molecule has 0 aliphatic carbocycles. The van der Waals surface area contributed by atoms with E-state index in [4.69, 9.17) is 0 Å². The molecule has 5 rings (SSSR count). The molecule has 2 aromatic carbocycles. The molecule has 3 saturated heterocycles. The molecule has 10 heteroatoms. The van der Waals surface area contributed by atoms with Crippen molar-refractivity contribution in [3.63, 3.8) is 0 Å². The largest absolute Gasteiger partial charge is 0.573 e. The molecule has 0 unspecified atom stereocenters. The molecule has 2 atom stereocenters. The number of ether oxygens (including phenoxy) is 1. The highest BCUT2D eigenvalue weighted by Crippen LogP contribution is 2.35. The number of hydrogen-bond donors (Lipinski definition) is 0. The van der Waals surface area contributed by atoms with Crippen molar-refractivity contribution in [2.75, 3.05) is 57.3 Å². The maximum atomic E-state index is 13.3. The molecular formula is C28H33F3N4O3. The van der Waals surface area contributed by atoms with Gasteiger partial charge in [0.1, 0.15) is 5.75 Å². The van der Waals surface area contributed by atoms with E-state index < -0.39 is 18.0 Å². The molecule has 3 fully saturated rings. The molecule has 0 radical (unpaired) electrons. The zero-order valence-corrected chi connectivity index (χ0v) is 21.5. The summed E-state index contributed by atoms with van der Waals surface area (Å²) in [5.74, 6) is -1.01. The van der Waals surface area contributed by atoms with Gasteiger partial charge in [-0.15, -0.1) is 13.2 Å². The summed E-state index contributed by atoms with van der Waals surface area (Å²) >= 11 is 0. The second-order valence-corrected chi connectivity index (χ2v) is 10.2. The predicted molar refractivity (Wildman–Crippen MR) is 137 cm³/mol. The first kappa shape index (κ1) is 26.3. The third kappa shape index (κ3) is 5.60. The maximum Gasteiger partial charge on any atom is 0.573 e. The van der Waals surface area contributed by atoms with E-state index in [1.54, 1.807) is 9.80 Å². The van der Waals surface area contributed by atoms with Gasteiger partial charge in [0, 0.05) is 63.0 Å². The van der Waals surface area contributed by atoms with Gasteiger partial charge in [0.25, 0.3) is 11.8 Å². The van der Waals surface area contributed by atoms with E-state index in [0.29, 0.717) is 31.6 Å². The van der Waals surface area contributed by atoms with Gasteiger partial charge in [0.05, 0.1) is 11.6 Å². The van der Waals surface area contributed by atoms with Crippen molar-refractivity contribution in [2.24, 2.45) is 5.92 Å².